The molecule has 1 aliphatic carbocycles. The molecule has 1 saturated carbocycles. The molecule has 8 nitrogen and oxygen atoms in total. The Morgan fingerprint density at radius 1 is 1.10 bits per heavy atom. The van der Waals surface area contributed by atoms with Crippen LogP contribution in [0.15, 0.2) is 42.7 Å². The monoisotopic (exact) mass is 393 g/mol. The van der Waals surface area contributed by atoms with Gasteiger partial charge in [-0.15, -0.1) is 10.2 Å². The van der Waals surface area contributed by atoms with Crippen molar-refractivity contribution < 1.29 is 9.18 Å². The Bertz CT molecular complexity index is 1020. The molecule has 1 amide bonds. The lowest BCUT2D eigenvalue weighted by Crippen LogP contribution is -2.42. The van der Waals surface area contributed by atoms with Gasteiger partial charge in [0.15, 0.2) is 0 Å². The van der Waals surface area contributed by atoms with Gasteiger partial charge in [0, 0.05) is 31.3 Å². The molecule has 2 N–H and O–H groups in total. The zero-order valence-corrected chi connectivity index (χ0v) is 15.9. The van der Waals surface area contributed by atoms with Crippen molar-refractivity contribution in [1.82, 2.24) is 25.1 Å². The highest BCUT2D eigenvalue weighted by atomic mass is 19.1. The number of aromatic nitrogens is 5. The van der Waals surface area contributed by atoms with Gasteiger partial charge in [0.1, 0.15) is 17.3 Å². The van der Waals surface area contributed by atoms with Crippen LogP contribution in [0.25, 0.3) is 11.4 Å². The first kappa shape index (κ1) is 18.9. The van der Waals surface area contributed by atoms with E-state index in [1.165, 1.54) is 13.0 Å². The summed E-state index contributed by atoms with van der Waals surface area (Å²) in [6.45, 7) is 1.93. The van der Waals surface area contributed by atoms with E-state index in [4.69, 9.17) is 0 Å². The lowest BCUT2D eigenvalue weighted by atomic mass is 9.66. The maximum absolute atomic E-state index is 14.2. The van der Waals surface area contributed by atoms with Gasteiger partial charge < -0.3 is 5.32 Å². The maximum Gasteiger partial charge on any atom is 0.229 e. The standard InChI is InChI=1S/C20H20FN7O/c1-13(29)25-19-23-11-7-15(26-19)16-5-6-17(28-27-16)24-12-20(8-3-9-20)18-14(21)4-2-10-22-18/h2,4-7,10-11H,3,8-9,12H2,1H3,(H,24,28)(H,23,25,26,29). The van der Waals surface area contributed by atoms with Crippen molar-refractivity contribution in [2.45, 2.75) is 31.6 Å². The van der Waals surface area contributed by atoms with Crippen LogP contribution in [0, 0.1) is 5.82 Å². The van der Waals surface area contributed by atoms with Crippen LogP contribution in [0.5, 0.6) is 0 Å². The fraction of sp³-hybridized carbons (Fsp3) is 0.300. The number of carbonyl (C=O) groups is 1. The van der Waals surface area contributed by atoms with E-state index in [0.717, 1.165) is 19.3 Å². The smallest absolute Gasteiger partial charge is 0.229 e. The largest absolute Gasteiger partial charge is 0.368 e. The van der Waals surface area contributed by atoms with Crippen LogP contribution in [0.4, 0.5) is 16.2 Å². The fourth-order valence-electron chi connectivity index (χ4n) is 3.42. The van der Waals surface area contributed by atoms with Gasteiger partial charge in [-0.05, 0) is 43.2 Å². The molecule has 1 fully saturated rings. The van der Waals surface area contributed by atoms with E-state index in [1.54, 1.807) is 36.7 Å². The van der Waals surface area contributed by atoms with Crippen LogP contribution in [-0.4, -0.2) is 37.6 Å². The van der Waals surface area contributed by atoms with Crippen molar-refractivity contribution in [1.29, 1.82) is 0 Å². The predicted molar refractivity (Wildman–Crippen MR) is 106 cm³/mol. The topological polar surface area (TPSA) is 106 Å². The van der Waals surface area contributed by atoms with Crippen LogP contribution >= 0.6 is 0 Å². The van der Waals surface area contributed by atoms with Crippen LogP contribution < -0.4 is 10.6 Å². The third-order valence-corrected chi connectivity index (χ3v) is 5.05. The minimum Gasteiger partial charge on any atom is -0.368 e. The van der Waals surface area contributed by atoms with E-state index in [1.807, 2.05) is 0 Å². The normalized spacial score (nSPS) is 14.7. The first-order valence-corrected chi connectivity index (χ1v) is 9.35. The molecule has 9 heteroatoms. The molecule has 148 valence electrons. The lowest BCUT2D eigenvalue weighted by Gasteiger charge is -2.41. The molecule has 3 aromatic rings. The molecule has 0 saturated heterocycles. The molecule has 0 spiro atoms. The molecule has 0 aromatic carbocycles. The van der Waals surface area contributed by atoms with Crippen molar-refractivity contribution in [2.75, 3.05) is 17.2 Å². The molecule has 4 rings (SSSR count). The zero-order valence-electron chi connectivity index (χ0n) is 15.9. The number of pyridine rings is 1. The number of anilines is 2. The number of rotatable bonds is 6. The van der Waals surface area contributed by atoms with Gasteiger partial charge in [-0.2, -0.15) is 0 Å². The van der Waals surface area contributed by atoms with Gasteiger partial charge >= 0.3 is 0 Å². The van der Waals surface area contributed by atoms with Gasteiger partial charge in [0.2, 0.25) is 11.9 Å². The average Bonchev–Trinajstić information content (AvgIpc) is 2.68. The molecular formula is C20H20FN7O. The Balaban J connectivity index is 1.46. The molecule has 0 radical (unpaired) electrons. The average molecular weight is 393 g/mol. The molecule has 3 aromatic heterocycles. The Morgan fingerprint density at radius 3 is 2.62 bits per heavy atom. The molecule has 3 heterocycles. The molecule has 0 unspecified atom stereocenters. The summed E-state index contributed by atoms with van der Waals surface area (Å²) in [5, 5.41) is 14.2. The van der Waals surface area contributed by atoms with Crippen molar-refractivity contribution in [3.63, 3.8) is 0 Å². The van der Waals surface area contributed by atoms with E-state index in [0.29, 0.717) is 29.4 Å². The van der Waals surface area contributed by atoms with Crippen molar-refractivity contribution in [3.05, 3.63) is 54.2 Å². The van der Waals surface area contributed by atoms with E-state index in [9.17, 15) is 9.18 Å². The quantitative estimate of drug-likeness (QED) is 0.663. The van der Waals surface area contributed by atoms with E-state index < -0.39 is 0 Å². The number of nitrogens with one attached hydrogen (secondary N) is 2. The predicted octanol–water partition coefficient (Wildman–Crippen LogP) is 2.96. The molecule has 1 aliphatic rings. The van der Waals surface area contributed by atoms with Gasteiger partial charge in [-0.3, -0.25) is 15.1 Å². The Labute approximate surface area is 167 Å². The number of amides is 1. The lowest BCUT2D eigenvalue weighted by molar-refractivity contribution is -0.114. The summed E-state index contributed by atoms with van der Waals surface area (Å²) in [4.78, 5) is 23.7. The number of hydrogen-bond acceptors (Lipinski definition) is 7. The zero-order chi connectivity index (χ0) is 20.3. The minimum atomic E-state index is -0.314. The van der Waals surface area contributed by atoms with Crippen molar-refractivity contribution in [3.8, 4) is 11.4 Å². The summed E-state index contributed by atoms with van der Waals surface area (Å²) in [6, 6.07) is 8.32. The number of hydrogen-bond donors (Lipinski definition) is 2. The van der Waals surface area contributed by atoms with Crippen molar-refractivity contribution >= 4 is 17.7 Å². The second-order valence-electron chi connectivity index (χ2n) is 7.07. The highest BCUT2D eigenvalue weighted by Gasteiger charge is 2.41. The summed E-state index contributed by atoms with van der Waals surface area (Å²) in [5.74, 6) is 0.284. The van der Waals surface area contributed by atoms with Gasteiger partial charge in [0.25, 0.3) is 0 Å². The van der Waals surface area contributed by atoms with Gasteiger partial charge in [0.05, 0.1) is 11.4 Å². The first-order valence-electron chi connectivity index (χ1n) is 9.35. The molecule has 0 bridgehead atoms. The highest BCUT2D eigenvalue weighted by Crippen LogP contribution is 2.43. The van der Waals surface area contributed by atoms with E-state index in [2.05, 4.69) is 35.8 Å². The Kier molecular flexibility index (Phi) is 5.11. The summed E-state index contributed by atoms with van der Waals surface area (Å²) < 4.78 is 14.2. The minimum absolute atomic E-state index is 0.211. The second-order valence-corrected chi connectivity index (χ2v) is 7.07. The molecular weight excluding hydrogens is 373 g/mol. The summed E-state index contributed by atoms with van der Waals surface area (Å²) in [5.41, 5.74) is 1.30. The van der Waals surface area contributed by atoms with Crippen LogP contribution in [0.3, 0.4) is 0 Å². The van der Waals surface area contributed by atoms with Crippen LogP contribution in [0.2, 0.25) is 0 Å². The summed E-state index contributed by atoms with van der Waals surface area (Å²) in [7, 11) is 0. The number of halogens is 1. The molecule has 29 heavy (non-hydrogen) atoms. The van der Waals surface area contributed by atoms with E-state index in [-0.39, 0.29) is 23.1 Å². The van der Waals surface area contributed by atoms with Crippen LogP contribution in [-0.2, 0) is 10.2 Å². The van der Waals surface area contributed by atoms with Gasteiger partial charge in [-0.25, -0.2) is 14.4 Å². The van der Waals surface area contributed by atoms with Crippen LogP contribution in [0.1, 0.15) is 31.9 Å². The van der Waals surface area contributed by atoms with Crippen molar-refractivity contribution in [2.24, 2.45) is 0 Å². The third kappa shape index (κ3) is 4.03. The molecule has 0 atom stereocenters. The Hall–Kier alpha value is -3.49. The summed E-state index contributed by atoms with van der Waals surface area (Å²) >= 11 is 0. The Morgan fingerprint density at radius 2 is 1.97 bits per heavy atom. The fourth-order valence-corrected chi connectivity index (χ4v) is 3.42. The maximum atomic E-state index is 14.2. The molecule has 0 aliphatic heterocycles. The van der Waals surface area contributed by atoms with E-state index >= 15 is 0 Å². The number of nitrogens with zero attached hydrogens (tertiary/aromatic N) is 5. The first-order chi connectivity index (χ1) is 14.1. The SMILES string of the molecule is CC(=O)Nc1nccc(-c2ccc(NCC3(c4ncccc4F)CCC3)nn2)n1. The summed E-state index contributed by atoms with van der Waals surface area (Å²) in [6.07, 6.45) is 5.98. The number of carbonyl (C=O) groups excluding carboxylic acids is 1. The highest BCUT2D eigenvalue weighted by molar-refractivity contribution is 5.86. The third-order valence-electron chi connectivity index (χ3n) is 5.05. The van der Waals surface area contributed by atoms with Gasteiger partial charge in [-0.1, -0.05) is 6.42 Å². The second kappa shape index (κ2) is 7.86.